The number of benzene rings is 1. The molecule has 0 unspecified atom stereocenters. The van der Waals surface area contributed by atoms with Crippen LogP contribution in [0.15, 0.2) is 30.3 Å². The van der Waals surface area contributed by atoms with E-state index in [2.05, 4.69) is 15.5 Å². The second-order valence-corrected chi connectivity index (χ2v) is 5.67. The first-order valence-electron chi connectivity index (χ1n) is 6.42. The summed E-state index contributed by atoms with van der Waals surface area (Å²) in [6, 6.07) is 9.24. The van der Waals surface area contributed by atoms with Crippen LogP contribution in [0.5, 0.6) is 5.75 Å². The van der Waals surface area contributed by atoms with Gasteiger partial charge in [-0.3, -0.25) is 10.1 Å². The summed E-state index contributed by atoms with van der Waals surface area (Å²) in [5, 5.41) is 12.1. The van der Waals surface area contributed by atoms with Gasteiger partial charge in [0.2, 0.25) is 5.13 Å². The minimum absolute atomic E-state index is 0.236. The lowest BCUT2D eigenvalue weighted by molar-refractivity contribution is -0.122. The quantitative estimate of drug-likeness (QED) is 0.919. The number of nitrogens with one attached hydrogen (secondary N) is 1. The lowest BCUT2D eigenvalue weighted by atomic mass is 10.2. The van der Waals surface area contributed by atoms with Crippen molar-refractivity contribution in [2.24, 2.45) is 0 Å². The van der Waals surface area contributed by atoms with E-state index in [-0.39, 0.29) is 5.91 Å². The van der Waals surface area contributed by atoms with Crippen molar-refractivity contribution in [2.45, 2.75) is 32.8 Å². The lowest BCUT2D eigenvalue weighted by Gasteiger charge is -2.13. The molecule has 106 valence electrons. The van der Waals surface area contributed by atoms with Gasteiger partial charge in [0.05, 0.1) is 0 Å². The summed E-state index contributed by atoms with van der Waals surface area (Å²) >= 11 is 1.38. The van der Waals surface area contributed by atoms with Crippen molar-refractivity contribution in [3.05, 3.63) is 35.3 Å². The van der Waals surface area contributed by atoms with E-state index >= 15 is 0 Å². The van der Waals surface area contributed by atoms with Crippen LogP contribution in [0.25, 0.3) is 0 Å². The maximum atomic E-state index is 12.0. The minimum atomic E-state index is -0.594. The van der Waals surface area contributed by atoms with Gasteiger partial charge in [-0.25, -0.2) is 0 Å². The molecule has 0 bridgehead atoms. The Kier molecular flexibility index (Phi) is 4.68. The van der Waals surface area contributed by atoms with Crippen LogP contribution >= 0.6 is 11.3 Å². The van der Waals surface area contributed by atoms with Gasteiger partial charge >= 0.3 is 0 Å². The summed E-state index contributed by atoms with van der Waals surface area (Å²) in [6.45, 7) is 5.77. The SMILES string of the molecule is CC(C)c1nnc(NC(=O)[C@H](C)Oc2ccccc2)s1. The molecule has 1 atom stereocenters. The lowest BCUT2D eigenvalue weighted by Crippen LogP contribution is -2.30. The normalized spacial score (nSPS) is 12.2. The van der Waals surface area contributed by atoms with Gasteiger partial charge in [0.1, 0.15) is 10.8 Å². The largest absolute Gasteiger partial charge is 0.481 e. The predicted octanol–water partition coefficient (Wildman–Crippen LogP) is 3.07. The summed E-state index contributed by atoms with van der Waals surface area (Å²) in [5.41, 5.74) is 0. The zero-order chi connectivity index (χ0) is 14.5. The number of amides is 1. The van der Waals surface area contributed by atoms with E-state index < -0.39 is 6.10 Å². The highest BCUT2D eigenvalue weighted by molar-refractivity contribution is 7.15. The van der Waals surface area contributed by atoms with Crippen LogP contribution in [0.2, 0.25) is 0 Å². The van der Waals surface area contributed by atoms with Crippen LogP contribution in [0.1, 0.15) is 31.7 Å². The van der Waals surface area contributed by atoms with Gasteiger partial charge in [0.15, 0.2) is 6.10 Å². The maximum absolute atomic E-state index is 12.0. The van der Waals surface area contributed by atoms with E-state index in [9.17, 15) is 4.79 Å². The van der Waals surface area contributed by atoms with E-state index in [1.807, 2.05) is 44.2 Å². The van der Waals surface area contributed by atoms with Gasteiger partial charge in [0, 0.05) is 5.92 Å². The molecule has 0 aliphatic heterocycles. The average molecular weight is 291 g/mol. The molecule has 1 aromatic carbocycles. The second-order valence-electron chi connectivity index (χ2n) is 4.66. The monoisotopic (exact) mass is 291 g/mol. The minimum Gasteiger partial charge on any atom is -0.481 e. The van der Waals surface area contributed by atoms with Crippen LogP contribution in [-0.4, -0.2) is 22.2 Å². The fourth-order valence-corrected chi connectivity index (χ4v) is 2.23. The van der Waals surface area contributed by atoms with E-state index in [0.717, 1.165) is 5.01 Å². The van der Waals surface area contributed by atoms with Crippen LogP contribution in [-0.2, 0) is 4.79 Å². The summed E-state index contributed by atoms with van der Waals surface area (Å²) in [7, 11) is 0. The van der Waals surface area contributed by atoms with Gasteiger partial charge < -0.3 is 4.74 Å². The van der Waals surface area contributed by atoms with Crippen molar-refractivity contribution in [2.75, 3.05) is 5.32 Å². The third-order valence-corrected chi connectivity index (χ3v) is 3.73. The van der Waals surface area contributed by atoms with Gasteiger partial charge in [-0.2, -0.15) is 0 Å². The maximum Gasteiger partial charge on any atom is 0.266 e. The summed E-state index contributed by atoms with van der Waals surface area (Å²) in [6.07, 6.45) is -0.594. The van der Waals surface area contributed by atoms with Crippen molar-refractivity contribution in [3.8, 4) is 5.75 Å². The molecule has 1 N–H and O–H groups in total. The van der Waals surface area contributed by atoms with Crippen molar-refractivity contribution in [1.29, 1.82) is 0 Å². The molecule has 0 fully saturated rings. The Bertz CT molecular complexity index is 569. The zero-order valence-corrected chi connectivity index (χ0v) is 12.5. The molecule has 2 aromatic rings. The number of anilines is 1. The van der Waals surface area contributed by atoms with Crippen molar-refractivity contribution in [1.82, 2.24) is 10.2 Å². The van der Waals surface area contributed by atoms with Gasteiger partial charge in [-0.1, -0.05) is 43.4 Å². The first-order chi connectivity index (χ1) is 9.56. The molecule has 0 saturated carbocycles. The smallest absolute Gasteiger partial charge is 0.266 e. The molecule has 0 aliphatic rings. The van der Waals surface area contributed by atoms with Crippen molar-refractivity contribution in [3.63, 3.8) is 0 Å². The van der Waals surface area contributed by atoms with Gasteiger partial charge in [-0.05, 0) is 19.1 Å². The molecule has 0 spiro atoms. The number of rotatable bonds is 5. The standard InChI is InChI=1S/C14H17N3O2S/c1-9(2)13-16-17-14(20-13)15-12(18)10(3)19-11-7-5-4-6-8-11/h4-10H,1-3H3,(H,15,17,18)/t10-/m0/s1. The highest BCUT2D eigenvalue weighted by Crippen LogP contribution is 2.22. The summed E-state index contributed by atoms with van der Waals surface area (Å²) in [5.74, 6) is 0.728. The molecule has 1 aromatic heterocycles. The number of ether oxygens (including phenoxy) is 1. The number of nitrogens with zero attached hydrogens (tertiary/aromatic N) is 2. The van der Waals surface area contributed by atoms with Gasteiger partial charge in [-0.15, -0.1) is 10.2 Å². The highest BCUT2D eigenvalue weighted by atomic mass is 32.1. The molecule has 0 aliphatic carbocycles. The first-order valence-corrected chi connectivity index (χ1v) is 7.24. The molecule has 1 heterocycles. The Hall–Kier alpha value is -1.95. The molecule has 1 amide bonds. The van der Waals surface area contributed by atoms with Gasteiger partial charge in [0.25, 0.3) is 5.91 Å². The van der Waals surface area contributed by atoms with Crippen LogP contribution in [0, 0.1) is 0 Å². The Morgan fingerprint density at radius 2 is 1.90 bits per heavy atom. The molecule has 0 saturated heterocycles. The van der Waals surface area contributed by atoms with E-state index in [0.29, 0.717) is 16.8 Å². The molecule has 0 radical (unpaired) electrons. The zero-order valence-electron chi connectivity index (χ0n) is 11.7. The fraction of sp³-hybridized carbons (Fsp3) is 0.357. The molecular formula is C14H17N3O2S. The van der Waals surface area contributed by atoms with E-state index in [1.54, 1.807) is 6.92 Å². The Labute approximate surface area is 122 Å². The number of para-hydroxylation sites is 1. The van der Waals surface area contributed by atoms with Crippen LogP contribution in [0.4, 0.5) is 5.13 Å². The fourth-order valence-electron chi connectivity index (χ4n) is 1.48. The third kappa shape index (κ3) is 3.77. The number of hydrogen-bond donors (Lipinski definition) is 1. The Balaban J connectivity index is 1.93. The molecule has 20 heavy (non-hydrogen) atoms. The first kappa shape index (κ1) is 14.5. The summed E-state index contributed by atoms with van der Waals surface area (Å²) < 4.78 is 5.55. The number of aromatic nitrogens is 2. The molecule has 5 nitrogen and oxygen atoms in total. The number of carbonyl (C=O) groups is 1. The van der Waals surface area contributed by atoms with Crippen LogP contribution in [0.3, 0.4) is 0 Å². The van der Waals surface area contributed by atoms with Crippen molar-refractivity contribution < 1.29 is 9.53 Å². The molecule has 2 rings (SSSR count). The second kappa shape index (κ2) is 6.47. The Morgan fingerprint density at radius 1 is 1.20 bits per heavy atom. The topological polar surface area (TPSA) is 64.1 Å². The summed E-state index contributed by atoms with van der Waals surface area (Å²) in [4.78, 5) is 12.0. The average Bonchev–Trinajstić information content (AvgIpc) is 2.88. The predicted molar refractivity (Wildman–Crippen MR) is 79.2 cm³/mol. The third-order valence-electron chi connectivity index (χ3n) is 2.59. The van der Waals surface area contributed by atoms with E-state index in [4.69, 9.17) is 4.74 Å². The van der Waals surface area contributed by atoms with Crippen LogP contribution < -0.4 is 10.1 Å². The highest BCUT2D eigenvalue weighted by Gasteiger charge is 2.17. The van der Waals surface area contributed by atoms with E-state index in [1.165, 1.54) is 11.3 Å². The molecule has 6 heteroatoms. The molecular weight excluding hydrogens is 274 g/mol. The number of carbonyl (C=O) groups excluding carboxylic acids is 1. The number of hydrogen-bond acceptors (Lipinski definition) is 5. The van der Waals surface area contributed by atoms with Crippen molar-refractivity contribution >= 4 is 22.4 Å². The Morgan fingerprint density at radius 3 is 2.50 bits per heavy atom.